The van der Waals surface area contributed by atoms with Gasteiger partial charge < -0.3 is 14.8 Å². The average Bonchev–Trinajstić information content (AvgIpc) is 2.79. The zero-order chi connectivity index (χ0) is 17.2. The second-order valence-corrected chi connectivity index (χ2v) is 7.20. The van der Waals surface area contributed by atoms with Gasteiger partial charge in [-0.2, -0.15) is 0 Å². The minimum Gasteiger partial charge on any atom is -0.504 e. The Kier molecular flexibility index (Phi) is 4.75. The number of rotatable bonds is 3. The van der Waals surface area contributed by atoms with Crippen LogP contribution in [-0.4, -0.2) is 23.0 Å². The van der Waals surface area contributed by atoms with Crippen LogP contribution in [0.5, 0.6) is 11.5 Å². The molecule has 1 aromatic carbocycles. The summed E-state index contributed by atoms with van der Waals surface area (Å²) in [6, 6.07) is 4.82. The van der Waals surface area contributed by atoms with E-state index in [1.54, 1.807) is 18.2 Å². The molecule has 122 valence electrons. The molecule has 2 rings (SSSR count). The topological polar surface area (TPSA) is 79.4 Å². The zero-order valence-electron chi connectivity index (χ0n) is 13.5. The molecule has 1 aromatic heterocycles. The molecule has 0 saturated heterocycles. The molecular weight excluding hydrogens is 314 g/mol. The number of hydrogen-bond acceptors (Lipinski definition) is 5. The standard InChI is InChI=1S/C17H19NO4S/c1-17(2,3)14(20)9-15-18-16(21)13(23-15)8-10-5-6-11(19)12(7-10)22-4/h5-9,19H,1-4H3,(H,18,21)/b13-8+,15-9+. The van der Waals surface area contributed by atoms with Gasteiger partial charge in [-0.1, -0.05) is 26.8 Å². The second kappa shape index (κ2) is 6.42. The maximum atomic E-state index is 12.0. The van der Waals surface area contributed by atoms with E-state index >= 15 is 0 Å². The fourth-order valence-corrected chi connectivity index (χ4v) is 2.68. The summed E-state index contributed by atoms with van der Waals surface area (Å²) in [7, 11) is 1.46. The van der Waals surface area contributed by atoms with Gasteiger partial charge in [-0.15, -0.1) is 11.3 Å². The molecular formula is C17H19NO4S. The fraction of sp³-hybridized carbons (Fsp3) is 0.294. The van der Waals surface area contributed by atoms with Crippen LogP contribution in [-0.2, 0) is 4.79 Å². The van der Waals surface area contributed by atoms with E-state index in [1.165, 1.54) is 30.6 Å². The second-order valence-electron chi connectivity index (χ2n) is 6.12. The number of methoxy groups -OCH3 is 1. The van der Waals surface area contributed by atoms with Crippen molar-refractivity contribution in [2.75, 3.05) is 7.11 Å². The van der Waals surface area contributed by atoms with Crippen LogP contribution >= 0.6 is 11.3 Å². The van der Waals surface area contributed by atoms with Crippen LogP contribution in [0, 0.1) is 5.41 Å². The lowest BCUT2D eigenvalue weighted by atomic mass is 9.91. The van der Waals surface area contributed by atoms with Gasteiger partial charge in [0.1, 0.15) is 0 Å². The molecule has 0 aliphatic rings. The SMILES string of the molecule is COc1cc(/C=c2/s/c(=C/C(=O)C(C)(C)C)[nH]c2=O)ccc1O. The summed E-state index contributed by atoms with van der Waals surface area (Å²) in [5, 5.41) is 9.59. The van der Waals surface area contributed by atoms with Crippen molar-refractivity contribution in [3.05, 3.63) is 43.3 Å². The van der Waals surface area contributed by atoms with E-state index in [-0.39, 0.29) is 17.1 Å². The first-order valence-electron chi connectivity index (χ1n) is 7.05. The number of aromatic nitrogens is 1. The van der Waals surface area contributed by atoms with Crippen LogP contribution in [0.3, 0.4) is 0 Å². The summed E-state index contributed by atoms with van der Waals surface area (Å²) in [5.41, 5.74) is -0.0228. The molecule has 2 N–H and O–H groups in total. The van der Waals surface area contributed by atoms with Crippen LogP contribution < -0.4 is 19.5 Å². The third-order valence-electron chi connectivity index (χ3n) is 3.18. The molecule has 0 unspecified atom stereocenters. The number of hydrogen-bond donors (Lipinski definition) is 2. The summed E-state index contributed by atoms with van der Waals surface area (Å²) in [6.45, 7) is 5.48. The number of nitrogens with one attached hydrogen (secondary N) is 1. The first kappa shape index (κ1) is 17.0. The lowest BCUT2D eigenvalue weighted by Gasteiger charge is -2.12. The van der Waals surface area contributed by atoms with E-state index in [9.17, 15) is 14.7 Å². The van der Waals surface area contributed by atoms with Gasteiger partial charge in [-0.25, -0.2) is 0 Å². The van der Waals surface area contributed by atoms with Crippen molar-refractivity contribution in [2.24, 2.45) is 5.41 Å². The Labute approximate surface area is 137 Å². The van der Waals surface area contributed by atoms with Gasteiger partial charge in [0, 0.05) is 11.5 Å². The number of phenolic OH excluding ortho intramolecular Hbond substituents is 1. The summed E-state index contributed by atoms with van der Waals surface area (Å²) < 4.78 is 6.04. The van der Waals surface area contributed by atoms with Crippen molar-refractivity contribution in [3.63, 3.8) is 0 Å². The molecule has 0 spiro atoms. The number of benzene rings is 1. The van der Waals surface area contributed by atoms with Crippen LogP contribution in [0.2, 0.25) is 0 Å². The van der Waals surface area contributed by atoms with E-state index in [0.29, 0.717) is 14.9 Å². The largest absolute Gasteiger partial charge is 0.504 e. The Hall–Kier alpha value is -2.34. The first-order chi connectivity index (χ1) is 10.7. The molecule has 0 saturated carbocycles. The van der Waals surface area contributed by atoms with Crippen LogP contribution in [0.15, 0.2) is 23.0 Å². The minimum absolute atomic E-state index is 0.0366. The molecule has 0 atom stereocenters. The van der Waals surface area contributed by atoms with Crippen molar-refractivity contribution in [3.8, 4) is 11.5 Å². The monoisotopic (exact) mass is 333 g/mol. The van der Waals surface area contributed by atoms with Crippen molar-refractivity contribution < 1.29 is 14.6 Å². The molecule has 0 fully saturated rings. The maximum absolute atomic E-state index is 12.0. The predicted octanol–water partition coefficient (Wildman–Crippen LogP) is 1.38. The van der Waals surface area contributed by atoms with Crippen LogP contribution in [0.25, 0.3) is 12.2 Å². The number of aromatic hydroxyl groups is 1. The molecule has 2 aromatic rings. The Balaban J connectivity index is 2.48. The molecule has 0 radical (unpaired) electrons. The first-order valence-corrected chi connectivity index (χ1v) is 7.86. The van der Waals surface area contributed by atoms with E-state index in [0.717, 1.165) is 5.56 Å². The van der Waals surface area contributed by atoms with Gasteiger partial charge >= 0.3 is 0 Å². The van der Waals surface area contributed by atoms with E-state index in [1.807, 2.05) is 20.8 Å². The van der Waals surface area contributed by atoms with Gasteiger partial charge in [0.25, 0.3) is 5.56 Å². The Bertz CT molecular complexity index is 900. The number of ether oxygens (including phenoxy) is 1. The fourth-order valence-electron chi connectivity index (χ4n) is 1.80. The quantitative estimate of drug-likeness (QED) is 0.889. The zero-order valence-corrected chi connectivity index (χ0v) is 14.3. The number of aromatic amines is 1. The number of H-pyrrole nitrogens is 1. The van der Waals surface area contributed by atoms with Crippen molar-refractivity contribution >= 4 is 29.3 Å². The number of carbonyl (C=O) groups is 1. The molecule has 0 bridgehead atoms. The summed E-state index contributed by atoms with van der Waals surface area (Å²) in [6.07, 6.45) is 3.14. The molecule has 6 heteroatoms. The van der Waals surface area contributed by atoms with E-state index in [4.69, 9.17) is 4.74 Å². The number of thiazole rings is 1. The average molecular weight is 333 g/mol. The number of ketones is 1. The lowest BCUT2D eigenvalue weighted by Crippen LogP contribution is -2.22. The van der Waals surface area contributed by atoms with E-state index in [2.05, 4.69) is 4.98 Å². The highest BCUT2D eigenvalue weighted by atomic mass is 32.1. The predicted molar refractivity (Wildman–Crippen MR) is 91.3 cm³/mol. The lowest BCUT2D eigenvalue weighted by molar-refractivity contribution is -0.119. The third-order valence-corrected chi connectivity index (χ3v) is 4.15. The summed E-state index contributed by atoms with van der Waals surface area (Å²) in [5.74, 6) is 0.323. The van der Waals surface area contributed by atoms with Crippen molar-refractivity contribution in [2.45, 2.75) is 20.8 Å². The van der Waals surface area contributed by atoms with Crippen molar-refractivity contribution in [1.82, 2.24) is 4.98 Å². The van der Waals surface area contributed by atoms with Gasteiger partial charge in [-0.05, 0) is 23.8 Å². The smallest absolute Gasteiger partial charge is 0.266 e. The molecule has 23 heavy (non-hydrogen) atoms. The van der Waals surface area contributed by atoms with Gasteiger partial charge in [0.2, 0.25) is 0 Å². The van der Waals surface area contributed by atoms with Crippen molar-refractivity contribution in [1.29, 1.82) is 0 Å². The molecule has 0 amide bonds. The molecule has 0 aliphatic carbocycles. The number of Topliss-reactive ketones (excluding diaryl/α,β-unsaturated/α-hetero) is 1. The van der Waals surface area contributed by atoms with Gasteiger partial charge in [0.15, 0.2) is 17.3 Å². The molecule has 0 aliphatic heterocycles. The van der Waals surface area contributed by atoms with Gasteiger partial charge in [-0.3, -0.25) is 9.59 Å². The van der Waals surface area contributed by atoms with Crippen LogP contribution in [0.4, 0.5) is 0 Å². The highest BCUT2D eigenvalue weighted by Gasteiger charge is 2.18. The third kappa shape index (κ3) is 4.10. The Morgan fingerprint density at radius 2 is 2.04 bits per heavy atom. The summed E-state index contributed by atoms with van der Waals surface area (Å²) in [4.78, 5) is 26.7. The molecule has 1 heterocycles. The Morgan fingerprint density at radius 3 is 2.65 bits per heavy atom. The van der Waals surface area contributed by atoms with E-state index < -0.39 is 5.41 Å². The summed E-state index contributed by atoms with van der Waals surface area (Å²) >= 11 is 1.21. The number of phenols is 1. The maximum Gasteiger partial charge on any atom is 0.266 e. The minimum atomic E-state index is -0.491. The number of carbonyl (C=O) groups excluding carboxylic acids is 1. The van der Waals surface area contributed by atoms with Crippen LogP contribution in [0.1, 0.15) is 26.3 Å². The highest BCUT2D eigenvalue weighted by Crippen LogP contribution is 2.26. The highest BCUT2D eigenvalue weighted by molar-refractivity contribution is 7.07. The Morgan fingerprint density at radius 1 is 1.35 bits per heavy atom. The van der Waals surface area contributed by atoms with Gasteiger partial charge in [0.05, 0.1) is 16.3 Å². The molecule has 5 nitrogen and oxygen atoms in total. The normalized spacial score (nSPS) is 13.4.